The standard InChI is InChI=1S/C11H10N2O3/c1-12-10(14)6-2-3-8-7(4-6)5-9(13-8)11(15)16/h2-5,13H,1H3,(H,12,14)(H,15,16). The van der Waals surface area contributed by atoms with Gasteiger partial charge < -0.3 is 15.4 Å². The molecule has 1 amide bonds. The Bertz CT molecular complexity index is 572. The number of aromatic carboxylic acids is 1. The van der Waals surface area contributed by atoms with Crippen molar-refractivity contribution >= 4 is 22.8 Å². The van der Waals surface area contributed by atoms with Gasteiger partial charge in [0, 0.05) is 23.5 Å². The molecule has 0 unspecified atom stereocenters. The van der Waals surface area contributed by atoms with Crippen LogP contribution in [0.2, 0.25) is 0 Å². The van der Waals surface area contributed by atoms with Gasteiger partial charge in [-0.2, -0.15) is 0 Å². The predicted octanol–water partition coefficient (Wildman–Crippen LogP) is 1.23. The summed E-state index contributed by atoms with van der Waals surface area (Å²) in [4.78, 5) is 24.8. The molecule has 0 fully saturated rings. The van der Waals surface area contributed by atoms with Gasteiger partial charge in [-0.25, -0.2) is 4.79 Å². The molecule has 2 aromatic rings. The molecule has 1 aromatic carbocycles. The van der Waals surface area contributed by atoms with Crippen LogP contribution in [0, 0.1) is 0 Å². The molecular formula is C11H10N2O3. The SMILES string of the molecule is CNC(=O)c1ccc2[nH]c(C(=O)O)cc2c1. The minimum absolute atomic E-state index is 0.115. The second kappa shape index (κ2) is 3.69. The van der Waals surface area contributed by atoms with Crippen LogP contribution in [0.1, 0.15) is 20.8 Å². The summed E-state index contributed by atoms with van der Waals surface area (Å²) in [5.74, 6) is -1.21. The van der Waals surface area contributed by atoms with E-state index < -0.39 is 5.97 Å². The minimum Gasteiger partial charge on any atom is -0.477 e. The van der Waals surface area contributed by atoms with Crippen LogP contribution in [-0.4, -0.2) is 29.0 Å². The Morgan fingerprint density at radius 2 is 2.06 bits per heavy atom. The molecule has 0 bridgehead atoms. The Balaban J connectivity index is 2.53. The van der Waals surface area contributed by atoms with Crippen LogP contribution in [0.5, 0.6) is 0 Å². The van der Waals surface area contributed by atoms with Crippen molar-refractivity contribution in [3.63, 3.8) is 0 Å². The lowest BCUT2D eigenvalue weighted by molar-refractivity contribution is 0.0691. The molecule has 5 heteroatoms. The average Bonchev–Trinajstić information content (AvgIpc) is 2.70. The summed E-state index contributed by atoms with van der Waals surface area (Å²) in [7, 11) is 1.55. The fourth-order valence-electron chi connectivity index (χ4n) is 1.53. The van der Waals surface area contributed by atoms with Gasteiger partial charge >= 0.3 is 5.97 Å². The minimum atomic E-state index is -1.02. The normalized spacial score (nSPS) is 10.3. The summed E-state index contributed by atoms with van der Waals surface area (Å²) < 4.78 is 0. The van der Waals surface area contributed by atoms with E-state index in [4.69, 9.17) is 5.11 Å². The summed E-state index contributed by atoms with van der Waals surface area (Å²) in [6.45, 7) is 0. The Hall–Kier alpha value is -2.30. The summed E-state index contributed by atoms with van der Waals surface area (Å²) in [6.07, 6.45) is 0. The van der Waals surface area contributed by atoms with E-state index in [0.29, 0.717) is 16.5 Å². The van der Waals surface area contributed by atoms with Crippen molar-refractivity contribution < 1.29 is 14.7 Å². The average molecular weight is 218 g/mol. The fourth-order valence-corrected chi connectivity index (χ4v) is 1.53. The summed E-state index contributed by atoms with van der Waals surface area (Å²) in [5, 5.41) is 12.0. The molecule has 2 rings (SSSR count). The number of carboxylic acids is 1. The lowest BCUT2D eigenvalue weighted by Crippen LogP contribution is -2.17. The van der Waals surface area contributed by atoms with Crippen LogP contribution in [0.3, 0.4) is 0 Å². The van der Waals surface area contributed by atoms with Gasteiger partial charge in [0.2, 0.25) is 0 Å². The second-order valence-corrected chi connectivity index (χ2v) is 3.37. The summed E-state index contributed by atoms with van der Waals surface area (Å²) in [6, 6.07) is 6.48. The maximum absolute atomic E-state index is 11.4. The molecule has 16 heavy (non-hydrogen) atoms. The largest absolute Gasteiger partial charge is 0.477 e. The Morgan fingerprint density at radius 3 is 2.69 bits per heavy atom. The zero-order valence-electron chi connectivity index (χ0n) is 8.57. The number of rotatable bonds is 2. The zero-order chi connectivity index (χ0) is 11.7. The molecule has 1 heterocycles. The molecule has 3 N–H and O–H groups in total. The van der Waals surface area contributed by atoms with Crippen molar-refractivity contribution in [3.8, 4) is 0 Å². The van der Waals surface area contributed by atoms with E-state index in [1.54, 1.807) is 25.2 Å². The number of carbonyl (C=O) groups excluding carboxylic acids is 1. The maximum atomic E-state index is 11.4. The molecule has 0 aliphatic heterocycles. The summed E-state index contributed by atoms with van der Waals surface area (Å²) in [5.41, 5.74) is 1.32. The summed E-state index contributed by atoms with van der Waals surface area (Å²) >= 11 is 0. The van der Waals surface area contributed by atoms with Gasteiger partial charge in [0.25, 0.3) is 5.91 Å². The van der Waals surface area contributed by atoms with Crippen LogP contribution in [0.4, 0.5) is 0 Å². The van der Waals surface area contributed by atoms with E-state index in [1.165, 1.54) is 6.07 Å². The van der Waals surface area contributed by atoms with E-state index in [1.807, 2.05) is 0 Å². The topological polar surface area (TPSA) is 82.2 Å². The van der Waals surface area contributed by atoms with E-state index in [0.717, 1.165) is 0 Å². The highest BCUT2D eigenvalue weighted by Crippen LogP contribution is 2.17. The van der Waals surface area contributed by atoms with E-state index in [2.05, 4.69) is 10.3 Å². The Kier molecular flexibility index (Phi) is 2.36. The molecule has 0 aliphatic rings. The van der Waals surface area contributed by atoms with E-state index >= 15 is 0 Å². The maximum Gasteiger partial charge on any atom is 0.352 e. The van der Waals surface area contributed by atoms with Crippen LogP contribution < -0.4 is 5.32 Å². The number of aromatic amines is 1. The van der Waals surface area contributed by atoms with Crippen LogP contribution in [0.15, 0.2) is 24.3 Å². The fraction of sp³-hybridized carbons (Fsp3) is 0.0909. The van der Waals surface area contributed by atoms with Gasteiger partial charge in [0.05, 0.1) is 0 Å². The highest BCUT2D eigenvalue weighted by Gasteiger charge is 2.09. The third-order valence-corrected chi connectivity index (χ3v) is 2.34. The zero-order valence-corrected chi connectivity index (χ0v) is 8.57. The number of carboxylic acid groups (broad SMARTS) is 1. The predicted molar refractivity (Wildman–Crippen MR) is 58.6 cm³/mol. The van der Waals surface area contributed by atoms with Crippen LogP contribution >= 0.6 is 0 Å². The monoisotopic (exact) mass is 218 g/mol. The van der Waals surface area contributed by atoms with Crippen molar-refractivity contribution in [1.29, 1.82) is 0 Å². The first kappa shape index (κ1) is 10.2. The second-order valence-electron chi connectivity index (χ2n) is 3.37. The molecule has 5 nitrogen and oxygen atoms in total. The van der Waals surface area contributed by atoms with Gasteiger partial charge in [-0.15, -0.1) is 0 Å². The molecular weight excluding hydrogens is 208 g/mol. The third kappa shape index (κ3) is 1.63. The highest BCUT2D eigenvalue weighted by molar-refractivity contribution is 6.00. The number of nitrogens with one attached hydrogen (secondary N) is 2. The van der Waals surface area contributed by atoms with Gasteiger partial charge in [0.15, 0.2) is 0 Å². The number of H-pyrrole nitrogens is 1. The van der Waals surface area contributed by atoms with Gasteiger partial charge in [-0.05, 0) is 24.3 Å². The highest BCUT2D eigenvalue weighted by atomic mass is 16.4. The molecule has 0 spiro atoms. The van der Waals surface area contributed by atoms with Crippen molar-refractivity contribution in [3.05, 3.63) is 35.5 Å². The molecule has 0 atom stereocenters. The van der Waals surface area contributed by atoms with E-state index in [9.17, 15) is 9.59 Å². The van der Waals surface area contributed by atoms with Crippen LogP contribution in [0.25, 0.3) is 10.9 Å². The molecule has 0 aliphatic carbocycles. The third-order valence-electron chi connectivity index (χ3n) is 2.34. The smallest absolute Gasteiger partial charge is 0.352 e. The first-order valence-corrected chi connectivity index (χ1v) is 4.70. The van der Waals surface area contributed by atoms with Gasteiger partial charge in [0.1, 0.15) is 5.69 Å². The number of hydrogen-bond acceptors (Lipinski definition) is 2. The molecule has 0 saturated heterocycles. The van der Waals surface area contributed by atoms with Crippen molar-refractivity contribution in [2.75, 3.05) is 7.05 Å². The van der Waals surface area contributed by atoms with Gasteiger partial charge in [-0.3, -0.25) is 4.79 Å². The Labute approximate surface area is 91.1 Å². The molecule has 0 saturated carbocycles. The van der Waals surface area contributed by atoms with Gasteiger partial charge in [-0.1, -0.05) is 0 Å². The number of amides is 1. The molecule has 1 aromatic heterocycles. The van der Waals surface area contributed by atoms with Crippen molar-refractivity contribution in [2.24, 2.45) is 0 Å². The quantitative estimate of drug-likeness (QED) is 0.708. The number of hydrogen-bond donors (Lipinski definition) is 3. The molecule has 82 valence electrons. The molecule has 0 radical (unpaired) electrons. The lowest BCUT2D eigenvalue weighted by Gasteiger charge is -1.98. The number of fused-ring (bicyclic) bond motifs is 1. The first-order chi connectivity index (χ1) is 7.61. The number of carbonyl (C=O) groups is 2. The van der Waals surface area contributed by atoms with E-state index in [-0.39, 0.29) is 11.6 Å². The number of aromatic nitrogens is 1. The van der Waals surface area contributed by atoms with Crippen LogP contribution in [-0.2, 0) is 0 Å². The number of benzene rings is 1. The van der Waals surface area contributed by atoms with Crippen molar-refractivity contribution in [2.45, 2.75) is 0 Å². The lowest BCUT2D eigenvalue weighted by atomic mass is 10.1. The van der Waals surface area contributed by atoms with Crippen molar-refractivity contribution in [1.82, 2.24) is 10.3 Å². The first-order valence-electron chi connectivity index (χ1n) is 4.70. The Morgan fingerprint density at radius 1 is 1.31 bits per heavy atom.